The van der Waals surface area contributed by atoms with E-state index in [1.807, 2.05) is 5.32 Å². The van der Waals surface area contributed by atoms with Crippen molar-refractivity contribution >= 4 is 18.0 Å². The molecule has 0 aliphatic rings. The number of benzene rings is 1. The fourth-order valence-electron chi connectivity index (χ4n) is 2.26. The van der Waals surface area contributed by atoms with Crippen molar-refractivity contribution in [1.82, 2.24) is 10.6 Å². The third-order valence-electron chi connectivity index (χ3n) is 3.72. The molecular weight excluding hydrogens is 374 g/mol. The largest absolute Gasteiger partial charge is 0.467 e. The van der Waals surface area contributed by atoms with Gasteiger partial charge in [-0.05, 0) is 33.3 Å². The van der Waals surface area contributed by atoms with E-state index in [0.717, 1.165) is 14.0 Å². The van der Waals surface area contributed by atoms with Crippen LogP contribution in [0.1, 0.15) is 33.3 Å². The highest BCUT2D eigenvalue weighted by molar-refractivity contribution is 5.92. The summed E-state index contributed by atoms with van der Waals surface area (Å²) < 4.78 is 36.4. The molecule has 0 unspecified atom stereocenters. The summed E-state index contributed by atoms with van der Waals surface area (Å²) in [6, 6.07) is 7.41. The highest BCUT2D eigenvalue weighted by atomic mass is 19.3. The minimum atomic E-state index is -3.22. The fraction of sp³-hybridized carbons (Fsp3) is 0.526. The Kier molecular flexibility index (Phi) is 7.89. The third-order valence-corrected chi connectivity index (χ3v) is 3.72. The van der Waals surface area contributed by atoms with E-state index in [2.05, 4.69) is 10.1 Å². The first-order valence-corrected chi connectivity index (χ1v) is 8.61. The van der Waals surface area contributed by atoms with Crippen LogP contribution in [0.4, 0.5) is 13.6 Å². The zero-order valence-corrected chi connectivity index (χ0v) is 16.5. The molecule has 28 heavy (non-hydrogen) atoms. The van der Waals surface area contributed by atoms with Gasteiger partial charge < -0.3 is 20.1 Å². The molecule has 0 aromatic heterocycles. The van der Waals surface area contributed by atoms with E-state index in [9.17, 15) is 23.2 Å². The molecule has 9 heteroatoms. The molecule has 0 saturated carbocycles. The average Bonchev–Trinajstić information content (AvgIpc) is 2.59. The number of carbonyl (C=O) groups excluding carboxylic acids is 3. The number of hydrogen-bond donors (Lipinski definition) is 2. The number of ether oxygens (including phenoxy) is 2. The second-order valence-electron chi connectivity index (χ2n) is 7.37. The van der Waals surface area contributed by atoms with E-state index < -0.39 is 41.6 Å². The van der Waals surface area contributed by atoms with Crippen LogP contribution < -0.4 is 10.6 Å². The number of nitrogens with one attached hydrogen (secondary N) is 2. The van der Waals surface area contributed by atoms with Gasteiger partial charge in [0.05, 0.1) is 7.11 Å². The molecule has 0 fully saturated rings. The Hall–Kier alpha value is -2.71. The number of alkyl halides is 2. The molecule has 0 aliphatic carbocycles. The Balaban J connectivity index is 3.06. The second kappa shape index (κ2) is 9.48. The van der Waals surface area contributed by atoms with Gasteiger partial charge in [0.2, 0.25) is 5.91 Å². The molecule has 1 rings (SSSR count). The highest BCUT2D eigenvalue weighted by Crippen LogP contribution is 2.18. The maximum absolute atomic E-state index is 13.4. The quantitative estimate of drug-likeness (QED) is 0.686. The maximum atomic E-state index is 13.4. The first-order chi connectivity index (χ1) is 12.9. The summed E-state index contributed by atoms with van der Waals surface area (Å²) in [6.45, 7) is 5.78. The van der Waals surface area contributed by atoms with Crippen LogP contribution in [0.5, 0.6) is 0 Å². The molecule has 1 aromatic rings. The highest BCUT2D eigenvalue weighted by Gasteiger charge is 2.46. The molecule has 0 saturated heterocycles. The number of esters is 1. The van der Waals surface area contributed by atoms with Crippen LogP contribution in [0.25, 0.3) is 0 Å². The predicted molar refractivity (Wildman–Crippen MR) is 97.9 cm³/mol. The van der Waals surface area contributed by atoms with Gasteiger partial charge in [-0.2, -0.15) is 0 Å². The first kappa shape index (κ1) is 23.3. The lowest BCUT2D eigenvalue weighted by Gasteiger charge is -2.30. The Bertz CT molecular complexity index is 691. The Labute approximate surface area is 162 Å². The van der Waals surface area contributed by atoms with E-state index in [0.29, 0.717) is 5.56 Å². The standard InChI is InChI=1S/C19H26F2N2O5/c1-18(2,3)28-17(26)22-13(11-12-9-7-6-8-10-12)14(24)23-19(4,15(20)21)16(25)27-5/h6-10,13,15H,11H2,1-5H3,(H,22,26)(H,23,24)/t13-,19+/m0/s1. The van der Waals surface area contributed by atoms with E-state index in [4.69, 9.17) is 4.74 Å². The fourth-order valence-corrected chi connectivity index (χ4v) is 2.26. The van der Waals surface area contributed by atoms with Crippen molar-refractivity contribution in [1.29, 1.82) is 0 Å². The summed E-state index contributed by atoms with van der Waals surface area (Å²) >= 11 is 0. The van der Waals surface area contributed by atoms with Gasteiger partial charge in [-0.15, -0.1) is 0 Å². The monoisotopic (exact) mass is 400 g/mol. The zero-order valence-electron chi connectivity index (χ0n) is 16.5. The van der Waals surface area contributed by atoms with Crippen LogP contribution >= 0.6 is 0 Å². The lowest BCUT2D eigenvalue weighted by Crippen LogP contribution is -2.62. The summed E-state index contributed by atoms with van der Waals surface area (Å²) in [7, 11) is 0.940. The topological polar surface area (TPSA) is 93.7 Å². The Morgan fingerprint density at radius 3 is 2.11 bits per heavy atom. The van der Waals surface area contributed by atoms with E-state index in [1.54, 1.807) is 51.1 Å². The molecule has 0 bridgehead atoms. The van der Waals surface area contributed by atoms with Gasteiger partial charge in [0.1, 0.15) is 11.6 Å². The van der Waals surface area contributed by atoms with Gasteiger partial charge >= 0.3 is 12.1 Å². The molecule has 0 aliphatic heterocycles. The van der Waals surface area contributed by atoms with Crippen LogP contribution in [-0.2, 0) is 25.5 Å². The second-order valence-corrected chi connectivity index (χ2v) is 7.37. The molecule has 0 heterocycles. The maximum Gasteiger partial charge on any atom is 0.408 e. The molecular formula is C19H26F2N2O5. The Morgan fingerprint density at radius 1 is 1.07 bits per heavy atom. The number of methoxy groups -OCH3 is 1. The van der Waals surface area contributed by atoms with Crippen molar-refractivity contribution in [2.75, 3.05) is 7.11 Å². The van der Waals surface area contributed by atoms with Crippen LogP contribution in [0.3, 0.4) is 0 Å². The first-order valence-electron chi connectivity index (χ1n) is 8.61. The van der Waals surface area contributed by atoms with Gasteiger partial charge in [0, 0.05) is 6.42 Å². The van der Waals surface area contributed by atoms with Crippen LogP contribution in [0, 0.1) is 0 Å². The molecule has 2 N–H and O–H groups in total. The SMILES string of the molecule is COC(=O)[C@](C)(NC(=O)[C@H](Cc1ccccc1)NC(=O)OC(C)(C)C)C(F)F. The van der Waals surface area contributed by atoms with E-state index >= 15 is 0 Å². The normalized spacial score (nSPS) is 14.6. The molecule has 0 radical (unpaired) electrons. The number of rotatable bonds is 7. The molecule has 2 amide bonds. The summed E-state index contributed by atoms with van der Waals surface area (Å²) in [5.41, 5.74) is -2.70. The van der Waals surface area contributed by atoms with Crippen molar-refractivity contribution in [2.45, 2.75) is 57.7 Å². The van der Waals surface area contributed by atoms with Crippen molar-refractivity contribution < 1.29 is 32.6 Å². The third kappa shape index (κ3) is 6.79. The summed E-state index contributed by atoms with van der Waals surface area (Å²) in [5.74, 6) is -2.27. The van der Waals surface area contributed by atoms with Gasteiger partial charge in [0.25, 0.3) is 6.43 Å². The van der Waals surface area contributed by atoms with Crippen LogP contribution in [0.2, 0.25) is 0 Å². The van der Waals surface area contributed by atoms with E-state index in [-0.39, 0.29) is 6.42 Å². The van der Waals surface area contributed by atoms with Crippen molar-refractivity contribution in [3.05, 3.63) is 35.9 Å². The van der Waals surface area contributed by atoms with Gasteiger partial charge in [-0.25, -0.2) is 18.4 Å². The van der Waals surface area contributed by atoms with E-state index in [1.165, 1.54) is 0 Å². The van der Waals surface area contributed by atoms with Gasteiger partial charge in [-0.1, -0.05) is 30.3 Å². The number of alkyl carbamates (subject to hydrolysis) is 1. The molecule has 156 valence electrons. The summed E-state index contributed by atoms with van der Waals surface area (Å²) in [4.78, 5) is 36.5. The number of halogens is 2. The smallest absolute Gasteiger partial charge is 0.408 e. The average molecular weight is 400 g/mol. The minimum Gasteiger partial charge on any atom is -0.467 e. The van der Waals surface area contributed by atoms with Crippen LogP contribution in [0.15, 0.2) is 30.3 Å². The Morgan fingerprint density at radius 2 is 1.64 bits per heavy atom. The molecule has 7 nitrogen and oxygen atoms in total. The van der Waals surface area contributed by atoms with Crippen molar-refractivity contribution in [3.8, 4) is 0 Å². The minimum absolute atomic E-state index is 0.00636. The molecule has 2 atom stereocenters. The molecule has 1 aromatic carbocycles. The summed E-state index contributed by atoms with van der Waals surface area (Å²) in [6.07, 6.45) is -4.10. The number of carbonyl (C=O) groups is 3. The predicted octanol–water partition coefficient (Wildman–Crippen LogP) is 2.44. The van der Waals surface area contributed by atoms with Crippen LogP contribution in [-0.4, -0.2) is 48.7 Å². The van der Waals surface area contributed by atoms with Crippen molar-refractivity contribution in [2.24, 2.45) is 0 Å². The number of hydrogen-bond acceptors (Lipinski definition) is 5. The number of amides is 2. The lowest BCUT2D eigenvalue weighted by atomic mass is 10.0. The van der Waals surface area contributed by atoms with Crippen molar-refractivity contribution in [3.63, 3.8) is 0 Å². The summed E-state index contributed by atoms with van der Waals surface area (Å²) in [5, 5.41) is 4.37. The van der Waals surface area contributed by atoms with Gasteiger partial charge in [0.15, 0.2) is 5.54 Å². The van der Waals surface area contributed by atoms with Gasteiger partial charge in [-0.3, -0.25) is 4.79 Å². The molecule has 0 spiro atoms. The zero-order chi connectivity index (χ0) is 21.5. The lowest BCUT2D eigenvalue weighted by molar-refractivity contribution is -0.157.